The van der Waals surface area contributed by atoms with E-state index < -0.39 is 0 Å². The Labute approximate surface area is 175 Å². The Morgan fingerprint density at radius 2 is 1.79 bits per heavy atom. The number of halogens is 1. The van der Waals surface area contributed by atoms with E-state index in [1.165, 1.54) is 0 Å². The summed E-state index contributed by atoms with van der Waals surface area (Å²) in [5.41, 5.74) is 1.80. The summed E-state index contributed by atoms with van der Waals surface area (Å²) in [6.07, 6.45) is 0.650. The molecule has 0 unspecified atom stereocenters. The van der Waals surface area contributed by atoms with Crippen molar-refractivity contribution >= 4 is 29.2 Å². The number of amides is 3. The standard InChI is InChI=1S/C21H24ClN3O4/c1-28-18-8-3-15(13-19(18)29-2)9-10-23-20(26)14-24-11-12-25(21(24)27)17-6-4-16(22)5-7-17/h3-8,13H,9-12,14H2,1-2H3,(H,23,26). The summed E-state index contributed by atoms with van der Waals surface area (Å²) in [6, 6.07) is 12.6. The zero-order valence-corrected chi connectivity index (χ0v) is 17.2. The number of methoxy groups -OCH3 is 2. The molecule has 3 rings (SSSR count). The molecule has 1 N–H and O–H groups in total. The molecule has 1 heterocycles. The number of carbonyl (C=O) groups is 2. The first-order valence-corrected chi connectivity index (χ1v) is 9.69. The van der Waals surface area contributed by atoms with E-state index in [2.05, 4.69) is 5.32 Å². The Morgan fingerprint density at radius 3 is 2.48 bits per heavy atom. The molecule has 0 saturated carbocycles. The molecular weight excluding hydrogens is 394 g/mol. The molecule has 2 aromatic carbocycles. The van der Waals surface area contributed by atoms with E-state index >= 15 is 0 Å². The van der Waals surface area contributed by atoms with E-state index in [9.17, 15) is 9.59 Å². The maximum atomic E-state index is 12.6. The van der Waals surface area contributed by atoms with Crippen LogP contribution in [0.5, 0.6) is 11.5 Å². The molecule has 2 aromatic rings. The quantitative estimate of drug-likeness (QED) is 0.716. The second kappa shape index (κ2) is 9.52. The number of anilines is 1. The van der Waals surface area contributed by atoms with Crippen LogP contribution < -0.4 is 19.7 Å². The number of ether oxygens (including phenoxy) is 2. The highest BCUT2D eigenvalue weighted by atomic mass is 35.5. The molecule has 1 aliphatic heterocycles. The van der Waals surface area contributed by atoms with Gasteiger partial charge in [-0.05, 0) is 48.4 Å². The van der Waals surface area contributed by atoms with Crippen molar-refractivity contribution < 1.29 is 19.1 Å². The van der Waals surface area contributed by atoms with Gasteiger partial charge in [0, 0.05) is 30.3 Å². The smallest absolute Gasteiger partial charge is 0.325 e. The third-order valence-corrected chi connectivity index (χ3v) is 5.00. The lowest BCUT2D eigenvalue weighted by Gasteiger charge is -2.18. The van der Waals surface area contributed by atoms with Crippen molar-refractivity contribution in [3.05, 3.63) is 53.1 Å². The molecule has 0 atom stereocenters. The van der Waals surface area contributed by atoms with Gasteiger partial charge in [0.25, 0.3) is 0 Å². The van der Waals surface area contributed by atoms with Crippen LogP contribution in [0.3, 0.4) is 0 Å². The predicted octanol–water partition coefficient (Wildman–Crippen LogP) is 2.96. The van der Waals surface area contributed by atoms with Crippen molar-refractivity contribution in [2.45, 2.75) is 6.42 Å². The van der Waals surface area contributed by atoms with E-state index in [4.69, 9.17) is 21.1 Å². The van der Waals surface area contributed by atoms with Crippen molar-refractivity contribution in [3.63, 3.8) is 0 Å². The summed E-state index contributed by atoms with van der Waals surface area (Å²) in [5, 5.41) is 3.48. The topological polar surface area (TPSA) is 71.1 Å². The lowest BCUT2D eigenvalue weighted by atomic mass is 10.1. The van der Waals surface area contributed by atoms with Gasteiger partial charge in [-0.3, -0.25) is 9.69 Å². The zero-order chi connectivity index (χ0) is 20.8. The Morgan fingerprint density at radius 1 is 1.07 bits per heavy atom. The van der Waals surface area contributed by atoms with Gasteiger partial charge in [-0.25, -0.2) is 4.79 Å². The predicted molar refractivity (Wildman–Crippen MR) is 112 cm³/mol. The molecule has 0 aromatic heterocycles. The molecule has 0 radical (unpaired) electrons. The van der Waals surface area contributed by atoms with Crippen molar-refractivity contribution in [1.29, 1.82) is 0 Å². The number of urea groups is 1. The van der Waals surface area contributed by atoms with Gasteiger partial charge in [0.1, 0.15) is 6.54 Å². The fourth-order valence-electron chi connectivity index (χ4n) is 3.20. The first-order valence-electron chi connectivity index (χ1n) is 9.31. The third-order valence-electron chi connectivity index (χ3n) is 4.75. The molecule has 0 spiro atoms. The summed E-state index contributed by atoms with van der Waals surface area (Å²) in [4.78, 5) is 28.0. The molecule has 29 heavy (non-hydrogen) atoms. The summed E-state index contributed by atoms with van der Waals surface area (Å²) in [6.45, 7) is 1.55. The van der Waals surface area contributed by atoms with Gasteiger partial charge in [-0.1, -0.05) is 17.7 Å². The third kappa shape index (κ3) is 5.12. The number of carbonyl (C=O) groups excluding carboxylic acids is 2. The zero-order valence-electron chi connectivity index (χ0n) is 16.5. The maximum absolute atomic E-state index is 12.6. The number of nitrogens with one attached hydrogen (secondary N) is 1. The molecule has 1 aliphatic rings. The van der Waals surface area contributed by atoms with Crippen LogP contribution in [0.4, 0.5) is 10.5 Å². The second-order valence-corrected chi connectivity index (χ2v) is 7.06. The lowest BCUT2D eigenvalue weighted by molar-refractivity contribution is -0.121. The number of rotatable bonds is 8. The number of hydrogen-bond acceptors (Lipinski definition) is 4. The highest BCUT2D eigenvalue weighted by Crippen LogP contribution is 2.27. The van der Waals surface area contributed by atoms with Crippen LogP contribution in [0.25, 0.3) is 0 Å². The van der Waals surface area contributed by atoms with Gasteiger partial charge in [0.05, 0.1) is 14.2 Å². The van der Waals surface area contributed by atoms with Crippen LogP contribution >= 0.6 is 11.6 Å². The second-order valence-electron chi connectivity index (χ2n) is 6.62. The van der Waals surface area contributed by atoms with Crippen LogP contribution in [-0.2, 0) is 11.2 Å². The van der Waals surface area contributed by atoms with Crippen LogP contribution in [0.2, 0.25) is 5.02 Å². The molecular formula is C21H24ClN3O4. The van der Waals surface area contributed by atoms with Gasteiger partial charge in [0.2, 0.25) is 5.91 Å². The van der Waals surface area contributed by atoms with E-state index in [1.807, 2.05) is 18.2 Å². The average Bonchev–Trinajstić information content (AvgIpc) is 3.08. The molecule has 0 aliphatic carbocycles. The van der Waals surface area contributed by atoms with E-state index in [0.717, 1.165) is 11.3 Å². The number of nitrogens with zero attached hydrogens (tertiary/aromatic N) is 2. The fourth-order valence-corrected chi connectivity index (χ4v) is 3.33. The van der Waals surface area contributed by atoms with E-state index in [0.29, 0.717) is 42.6 Å². The molecule has 154 valence electrons. The Hall–Kier alpha value is -2.93. The molecule has 3 amide bonds. The highest BCUT2D eigenvalue weighted by Gasteiger charge is 2.30. The monoisotopic (exact) mass is 417 g/mol. The lowest BCUT2D eigenvalue weighted by Crippen LogP contribution is -2.40. The Bertz CT molecular complexity index is 873. The van der Waals surface area contributed by atoms with Crippen LogP contribution in [0.1, 0.15) is 5.56 Å². The van der Waals surface area contributed by atoms with Crippen LogP contribution in [-0.4, -0.2) is 57.2 Å². The normalized spacial score (nSPS) is 13.6. The maximum Gasteiger partial charge on any atom is 0.325 e. The Kier molecular flexibility index (Phi) is 6.82. The molecule has 1 fully saturated rings. The fraction of sp³-hybridized carbons (Fsp3) is 0.333. The molecule has 0 bridgehead atoms. The average molecular weight is 418 g/mol. The minimum absolute atomic E-state index is 0.0366. The SMILES string of the molecule is COc1ccc(CCNC(=O)CN2CCN(c3ccc(Cl)cc3)C2=O)cc1OC. The molecule has 8 heteroatoms. The minimum Gasteiger partial charge on any atom is -0.493 e. The summed E-state index contributed by atoms with van der Waals surface area (Å²) < 4.78 is 10.5. The van der Waals surface area contributed by atoms with Crippen LogP contribution in [0.15, 0.2) is 42.5 Å². The number of hydrogen-bond donors (Lipinski definition) is 1. The van der Waals surface area contributed by atoms with Crippen molar-refractivity contribution in [1.82, 2.24) is 10.2 Å². The van der Waals surface area contributed by atoms with Crippen molar-refractivity contribution in [3.8, 4) is 11.5 Å². The summed E-state index contributed by atoms with van der Waals surface area (Å²) in [7, 11) is 3.18. The van der Waals surface area contributed by atoms with Gasteiger partial charge in [-0.15, -0.1) is 0 Å². The van der Waals surface area contributed by atoms with Gasteiger partial charge in [0.15, 0.2) is 11.5 Å². The van der Waals surface area contributed by atoms with E-state index in [-0.39, 0.29) is 18.5 Å². The first-order chi connectivity index (χ1) is 14.0. The van der Waals surface area contributed by atoms with Gasteiger partial charge in [-0.2, -0.15) is 0 Å². The van der Waals surface area contributed by atoms with Crippen molar-refractivity contribution in [2.24, 2.45) is 0 Å². The highest BCUT2D eigenvalue weighted by molar-refractivity contribution is 6.30. The Balaban J connectivity index is 1.47. The molecule has 7 nitrogen and oxygen atoms in total. The van der Waals surface area contributed by atoms with Gasteiger partial charge < -0.3 is 19.7 Å². The summed E-state index contributed by atoms with van der Waals surface area (Å²) in [5.74, 6) is 1.14. The first kappa shape index (κ1) is 20.8. The number of benzene rings is 2. The van der Waals surface area contributed by atoms with Crippen molar-refractivity contribution in [2.75, 3.05) is 45.3 Å². The summed E-state index contributed by atoms with van der Waals surface area (Å²) >= 11 is 5.90. The molecule has 1 saturated heterocycles. The van der Waals surface area contributed by atoms with Gasteiger partial charge >= 0.3 is 6.03 Å². The van der Waals surface area contributed by atoms with E-state index in [1.54, 1.807) is 48.3 Å². The minimum atomic E-state index is -0.184. The van der Waals surface area contributed by atoms with Crippen LogP contribution in [0, 0.1) is 0 Å². The largest absolute Gasteiger partial charge is 0.493 e.